The van der Waals surface area contributed by atoms with Gasteiger partial charge in [-0.2, -0.15) is 0 Å². The number of fused-ring (bicyclic) bond motifs is 5. The van der Waals surface area contributed by atoms with Crippen molar-refractivity contribution in [2.24, 2.45) is 58.2 Å². The topological polar surface area (TPSA) is 194 Å². The number of allylic oxidation sites excluding steroid dienone is 6. The molecule has 13 heteroatoms. The van der Waals surface area contributed by atoms with E-state index in [1.807, 2.05) is 0 Å². The molecule has 0 aromatic carbocycles. The van der Waals surface area contributed by atoms with Crippen molar-refractivity contribution in [1.29, 1.82) is 0 Å². The van der Waals surface area contributed by atoms with Gasteiger partial charge >= 0.3 is 33.0 Å². The van der Waals surface area contributed by atoms with Gasteiger partial charge in [0.2, 0.25) is 0 Å². The molecule has 11 atom stereocenters. The predicted molar refractivity (Wildman–Crippen MR) is 293 cm³/mol. The molecule has 4 rings (SSSR count). The summed E-state index contributed by atoms with van der Waals surface area (Å²) in [6.07, 6.45) is 35.6. The molecule has 0 heterocycles. The molecule has 1 unspecified atom stereocenters. The molecule has 0 aromatic rings. The molecule has 0 bridgehead atoms. The first-order valence-corrected chi connectivity index (χ1v) is 29.3. The minimum atomic E-state index is -0.773. The number of aliphatic hydroxyl groups is 4. The third-order valence-electron chi connectivity index (χ3n) is 17.0. The molecule has 0 spiro atoms. The fourth-order valence-corrected chi connectivity index (χ4v) is 13.3. The number of unbranched alkanes of at least 4 members (excludes halogenated alkanes) is 9. The van der Waals surface area contributed by atoms with Gasteiger partial charge in [0.15, 0.2) is 17.7 Å². The van der Waals surface area contributed by atoms with E-state index < -0.39 is 12.1 Å². The zero-order valence-electron chi connectivity index (χ0n) is 48.7. The van der Waals surface area contributed by atoms with Crippen LogP contribution in [0.5, 0.6) is 0 Å². The first-order chi connectivity index (χ1) is 35.0. The van der Waals surface area contributed by atoms with Crippen LogP contribution in [-0.2, 0) is 54.4 Å². The molecule has 74 heavy (non-hydrogen) atoms. The van der Waals surface area contributed by atoms with Crippen molar-refractivity contribution in [2.45, 2.75) is 242 Å². The Labute approximate surface area is 459 Å². The number of esters is 2. The molecule has 4 fully saturated rings. The van der Waals surface area contributed by atoms with E-state index in [2.05, 4.69) is 53.7 Å². The van der Waals surface area contributed by atoms with Gasteiger partial charge in [-0.3, -0.25) is 19.2 Å². The van der Waals surface area contributed by atoms with Gasteiger partial charge in [0.05, 0.1) is 24.2 Å². The Kier molecular flexibility index (Phi) is 39.1. The van der Waals surface area contributed by atoms with Crippen molar-refractivity contribution in [3.63, 3.8) is 0 Å². The zero-order valence-corrected chi connectivity index (χ0v) is 50.1. The third-order valence-corrected chi connectivity index (χ3v) is 17.0. The predicted octanol–water partition coefficient (Wildman–Crippen LogP) is 14.4. The van der Waals surface area contributed by atoms with Crippen LogP contribution in [0.4, 0.5) is 0 Å². The number of methoxy groups -OCH3 is 1. The van der Waals surface area contributed by atoms with Crippen LogP contribution in [0.2, 0.25) is 0 Å². The van der Waals surface area contributed by atoms with E-state index in [1.165, 1.54) is 150 Å². The van der Waals surface area contributed by atoms with E-state index in [0.717, 1.165) is 116 Å². The third kappa shape index (κ3) is 28.7. The number of ketones is 2. The van der Waals surface area contributed by atoms with E-state index in [0.29, 0.717) is 17.3 Å². The van der Waals surface area contributed by atoms with Gasteiger partial charge in [0, 0.05) is 39.2 Å². The Hall–Kier alpha value is -2.64. The van der Waals surface area contributed by atoms with Crippen molar-refractivity contribution in [1.82, 2.24) is 0 Å². The summed E-state index contributed by atoms with van der Waals surface area (Å²) in [5, 5.41) is 36.0. The Bertz CT molecular complexity index is 1610. The summed E-state index contributed by atoms with van der Waals surface area (Å²) in [6.45, 7) is 22.6. The molecule has 4 aliphatic rings. The standard InChI is InChI=1S/C29H52O.C22H40O6.2C5H8O2.O.V/c1-7-21(19(2)3)9-8-20(4)25-12-13-26-24-11-10-22-18-23(30)14-16-28(22,5)27(24)15-17-29(25,26)6;1-20(24)28-21(18-23)19-27-22(25)16-14-12-10-8-6-4-3-5-7-9-11-13-15-17-26-2;2*1-4(6)3-5(2)7;;/h19-27,30H,7-18H2,1-6H3;3,5,21,23H,4,6-19H2,1-2H3;2*3,6H,1-2H3;;/b;5-3-;2*4-3-;;/t20-,21-,22+,23+,24+,25-,26+,27+,28+,29-;;;;;/m1...../s1. The summed E-state index contributed by atoms with van der Waals surface area (Å²) in [5.74, 6) is 6.41. The average molecular weight is 1080 g/mol. The fraction of sp³-hybridized carbons (Fsp3) is 0.836. The summed E-state index contributed by atoms with van der Waals surface area (Å²) in [6, 6.07) is 0. The summed E-state index contributed by atoms with van der Waals surface area (Å²) in [7, 11) is 1.75. The first kappa shape index (κ1) is 71.4. The van der Waals surface area contributed by atoms with Crippen LogP contribution >= 0.6 is 0 Å². The molecule has 12 nitrogen and oxygen atoms in total. The molecular formula is C61H108O12V. The van der Waals surface area contributed by atoms with Gasteiger partial charge in [-0.15, -0.1) is 0 Å². The SMILES string of the molecule is CC(=O)/C=C(/C)O.CC(=O)/C=C(/C)O.CC[C@H](CC[C@@H](C)[C@H]1CC[C@H]2[C@@H]3CC[C@H]4C[C@@H](O)CC[C@]4(C)[C@H]3CC[C@]12C)C(C)C.COCCCCCC/C=C\CCCCCCCC(=O)OCC(CO)OC(C)=O.[O]=[V]. The summed E-state index contributed by atoms with van der Waals surface area (Å²) >= 11 is 1.06. The Morgan fingerprint density at radius 1 is 0.703 bits per heavy atom. The molecule has 4 aliphatic carbocycles. The second-order valence-corrected chi connectivity index (χ2v) is 23.1. The second-order valence-electron chi connectivity index (χ2n) is 23.1. The number of hydrogen-bond acceptors (Lipinski definition) is 12. The fourth-order valence-electron chi connectivity index (χ4n) is 13.3. The summed E-state index contributed by atoms with van der Waals surface area (Å²) in [5.41, 5.74) is 1.14. The molecule has 4 saturated carbocycles. The maximum atomic E-state index is 11.6. The first-order valence-electron chi connectivity index (χ1n) is 28.7. The number of carbonyl (C=O) groups is 4. The van der Waals surface area contributed by atoms with Crippen LogP contribution in [0.1, 0.15) is 230 Å². The van der Waals surface area contributed by atoms with E-state index in [9.17, 15) is 24.3 Å². The number of rotatable bonds is 27. The Morgan fingerprint density at radius 2 is 1.24 bits per heavy atom. The monoisotopic (exact) mass is 1080 g/mol. The van der Waals surface area contributed by atoms with Gasteiger partial charge < -0.3 is 34.6 Å². The van der Waals surface area contributed by atoms with Crippen LogP contribution in [0.15, 0.2) is 35.8 Å². The molecular weight excluding hydrogens is 976 g/mol. The minimum absolute atomic E-state index is 0.0111. The van der Waals surface area contributed by atoms with Crippen molar-refractivity contribution in [3.05, 3.63) is 35.8 Å². The molecule has 0 amide bonds. The van der Waals surface area contributed by atoms with Gasteiger partial charge in [-0.1, -0.05) is 98.6 Å². The van der Waals surface area contributed by atoms with E-state index in [1.54, 1.807) is 7.11 Å². The summed E-state index contributed by atoms with van der Waals surface area (Å²) < 4.78 is 23.1. The van der Waals surface area contributed by atoms with Crippen LogP contribution in [0, 0.1) is 58.2 Å². The van der Waals surface area contributed by atoms with E-state index in [-0.39, 0.29) is 48.4 Å². The Morgan fingerprint density at radius 3 is 1.74 bits per heavy atom. The van der Waals surface area contributed by atoms with Gasteiger partial charge in [-0.05, 0) is 189 Å². The van der Waals surface area contributed by atoms with Gasteiger partial charge in [-0.25, -0.2) is 0 Å². The van der Waals surface area contributed by atoms with Gasteiger partial charge in [0.25, 0.3) is 0 Å². The van der Waals surface area contributed by atoms with Crippen LogP contribution < -0.4 is 0 Å². The van der Waals surface area contributed by atoms with Crippen molar-refractivity contribution >= 4 is 23.5 Å². The second kappa shape index (κ2) is 40.6. The van der Waals surface area contributed by atoms with Crippen LogP contribution in [0.3, 0.4) is 0 Å². The number of hydrogen-bond donors (Lipinski definition) is 4. The van der Waals surface area contributed by atoms with Crippen molar-refractivity contribution in [3.8, 4) is 0 Å². The van der Waals surface area contributed by atoms with E-state index in [4.69, 9.17) is 33.2 Å². The zero-order chi connectivity index (χ0) is 56.3. The van der Waals surface area contributed by atoms with Crippen LogP contribution in [-0.4, -0.2) is 83.1 Å². The molecule has 429 valence electrons. The maximum absolute atomic E-state index is 11.6. The number of ether oxygens (including phenoxy) is 3. The average Bonchev–Trinajstić information content (AvgIpc) is 3.69. The molecule has 0 saturated heterocycles. The molecule has 0 aromatic heterocycles. The normalized spacial score (nSPS) is 26.3. The summed E-state index contributed by atoms with van der Waals surface area (Å²) in [4.78, 5) is 42.5. The molecule has 4 N–H and O–H groups in total. The molecule has 0 radical (unpaired) electrons. The number of carbonyl (C=O) groups excluding carboxylic acids is 4. The quantitative estimate of drug-likeness (QED) is 0.0200. The van der Waals surface area contributed by atoms with Crippen molar-refractivity contribution < 1.29 is 74.9 Å². The van der Waals surface area contributed by atoms with Crippen molar-refractivity contribution in [2.75, 3.05) is 26.9 Å². The Balaban J connectivity index is 0.00000112. The van der Waals surface area contributed by atoms with E-state index >= 15 is 0 Å². The van der Waals surface area contributed by atoms with Crippen LogP contribution in [0.25, 0.3) is 0 Å². The van der Waals surface area contributed by atoms with Gasteiger partial charge in [0.1, 0.15) is 6.61 Å². The number of aliphatic hydroxyl groups excluding tert-OH is 4. The molecule has 0 aliphatic heterocycles.